The summed E-state index contributed by atoms with van der Waals surface area (Å²) in [6, 6.07) is 6.43. The summed E-state index contributed by atoms with van der Waals surface area (Å²) in [5, 5.41) is 12.2. The lowest BCUT2D eigenvalue weighted by Crippen LogP contribution is -2.43. The number of hydrogen-bond donors (Lipinski definition) is 2. The Morgan fingerprint density at radius 2 is 2.05 bits per heavy atom. The van der Waals surface area contributed by atoms with E-state index in [1.165, 1.54) is 23.8 Å². The van der Waals surface area contributed by atoms with Crippen molar-refractivity contribution in [2.45, 2.75) is 38.6 Å². The molecule has 0 heterocycles. The predicted octanol–water partition coefficient (Wildman–Crippen LogP) is 3.11. The summed E-state index contributed by atoms with van der Waals surface area (Å²) in [5.74, 6) is -0.290. The van der Waals surface area contributed by atoms with Crippen LogP contribution in [0.5, 0.6) is 0 Å². The predicted molar refractivity (Wildman–Crippen MR) is 81.8 cm³/mol. The van der Waals surface area contributed by atoms with E-state index in [1.54, 1.807) is 25.2 Å². The van der Waals surface area contributed by atoms with E-state index >= 15 is 0 Å². The molecular formula is C16H22N2O3. The number of amides is 2. The Morgan fingerprint density at radius 1 is 1.38 bits per heavy atom. The molecule has 1 aromatic rings. The number of para-hydroxylation sites is 1. The summed E-state index contributed by atoms with van der Waals surface area (Å²) in [6.07, 6.45) is 4.40. The van der Waals surface area contributed by atoms with Gasteiger partial charge in [0.05, 0.1) is 11.3 Å². The third-order valence-electron chi connectivity index (χ3n) is 3.94. The molecular weight excluding hydrogens is 268 g/mol. The average molecular weight is 290 g/mol. The first-order valence-corrected chi connectivity index (χ1v) is 7.39. The Labute approximate surface area is 125 Å². The van der Waals surface area contributed by atoms with Crippen LogP contribution in [0.3, 0.4) is 0 Å². The Morgan fingerprint density at radius 3 is 2.62 bits per heavy atom. The number of benzene rings is 1. The van der Waals surface area contributed by atoms with Gasteiger partial charge in [0.2, 0.25) is 0 Å². The molecule has 0 aromatic heterocycles. The fourth-order valence-electron chi connectivity index (χ4n) is 2.41. The van der Waals surface area contributed by atoms with Crippen molar-refractivity contribution >= 4 is 17.7 Å². The van der Waals surface area contributed by atoms with Crippen molar-refractivity contribution in [3.8, 4) is 0 Å². The summed E-state index contributed by atoms with van der Waals surface area (Å²) in [7, 11) is 1.60. The van der Waals surface area contributed by atoms with Crippen LogP contribution in [0, 0.1) is 5.92 Å². The van der Waals surface area contributed by atoms with E-state index in [2.05, 4.69) is 12.2 Å². The van der Waals surface area contributed by atoms with Crippen LogP contribution in [0.1, 0.15) is 43.0 Å². The third kappa shape index (κ3) is 3.97. The van der Waals surface area contributed by atoms with Crippen LogP contribution in [-0.2, 0) is 0 Å². The van der Waals surface area contributed by atoms with Crippen molar-refractivity contribution in [3.05, 3.63) is 29.8 Å². The van der Waals surface area contributed by atoms with E-state index in [0.29, 0.717) is 5.69 Å². The van der Waals surface area contributed by atoms with E-state index in [9.17, 15) is 14.7 Å². The summed E-state index contributed by atoms with van der Waals surface area (Å²) >= 11 is 0. The fourth-order valence-corrected chi connectivity index (χ4v) is 2.41. The summed E-state index contributed by atoms with van der Waals surface area (Å²) in [5.41, 5.74) is 0.536. The van der Waals surface area contributed by atoms with Gasteiger partial charge in [0.15, 0.2) is 0 Å². The monoisotopic (exact) mass is 290 g/mol. The second-order valence-electron chi connectivity index (χ2n) is 5.62. The van der Waals surface area contributed by atoms with Crippen LogP contribution >= 0.6 is 0 Å². The Bertz CT molecular complexity index is 526. The van der Waals surface area contributed by atoms with Gasteiger partial charge < -0.3 is 10.4 Å². The number of rotatable bonds is 6. The van der Waals surface area contributed by atoms with E-state index in [1.807, 2.05) is 0 Å². The van der Waals surface area contributed by atoms with Crippen molar-refractivity contribution in [1.29, 1.82) is 0 Å². The minimum Gasteiger partial charge on any atom is -0.478 e. The van der Waals surface area contributed by atoms with E-state index in [-0.39, 0.29) is 17.6 Å². The molecule has 5 nitrogen and oxygen atoms in total. The quantitative estimate of drug-likeness (QED) is 0.845. The number of anilines is 1. The summed E-state index contributed by atoms with van der Waals surface area (Å²) in [6.45, 7) is 2.05. The van der Waals surface area contributed by atoms with Crippen LogP contribution in [0.15, 0.2) is 24.3 Å². The number of carboxylic acids is 1. The zero-order chi connectivity index (χ0) is 15.4. The molecule has 2 N–H and O–H groups in total. The van der Waals surface area contributed by atoms with Crippen LogP contribution < -0.4 is 10.2 Å². The molecule has 2 amide bonds. The van der Waals surface area contributed by atoms with Crippen LogP contribution in [-0.4, -0.2) is 30.2 Å². The number of nitrogens with one attached hydrogen (secondary N) is 1. The van der Waals surface area contributed by atoms with Gasteiger partial charge in [-0.2, -0.15) is 0 Å². The molecule has 1 aliphatic rings. The van der Waals surface area contributed by atoms with Crippen molar-refractivity contribution in [3.63, 3.8) is 0 Å². The molecule has 0 spiro atoms. The SMILES string of the molecule is CCC(CC1CC1)NC(=O)N(C)c1ccccc1C(=O)O. The van der Waals surface area contributed by atoms with Crippen LogP contribution in [0.25, 0.3) is 0 Å². The highest BCUT2D eigenvalue weighted by Crippen LogP contribution is 2.34. The van der Waals surface area contributed by atoms with Gasteiger partial charge in [-0.15, -0.1) is 0 Å². The number of aromatic carboxylic acids is 1. The fraction of sp³-hybridized carbons (Fsp3) is 0.500. The van der Waals surface area contributed by atoms with Gasteiger partial charge in [-0.3, -0.25) is 4.90 Å². The topological polar surface area (TPSA) is 69.6 Å². The maximum atomic E-state index is 12.3. The van der Waals surface area contributed by atoms with Gasteiger partial charge in [-0.05, 0) is 30.9 Å². The molecule has 114 valence electrons. The zero-order valence-corrected chi connectivity index (χ0v) is 12.5. The molecule has 1 fully saturated rings. The normalized spacial score (nSPS) is 15.3. The molecule has 0 aliphatic heterocycles. The Hall–Kier alpha value is -2.04. The maximum absolute atomic E-state index is 12.3. The molecule has 0 bridgehead atoms. The molecule has 1 aromatic carbocycles. The molecule has 0 saturated heterocycles. The van der Waals surface area contributed by atoms with Gasteiger partial charge in [-0.1, -0.05) is 31.9 Å². The molecule has 5 heteroatoms. The first-order chi connectivity index (χ1) is 10.0. The number of carbonyl (C=O) groups is 2. The highest BCUT2D eigenvalue weighted by Gasteiger charge is 2.26. The lowest BCUT2D eigenvalue weighted by Gasteiger charge is -2.24. The zero-order valence-electron chi connectivity index (χ0n) is 12.5. The molecule has 0 radical (unpaired) electrons. The van der Waals surface area contributed by atoms with Gasteiger partial charge in [0.1, 0.15) is 0 Å². The molecule has 21 heavy (non-hydrogen) atoms. The van der Waals surface area contributed by atoms with E-state index < -0.39 is 5.97 Å². The van der Waals surface area contributed by atoms with E-state index in [0.717, 1.165) is 18.8 Å². The Kier molecular flexibility index (Phi) is 4.83. The second kappa shape index (κ2) is 6.61. The van der Waals surface area contributed by atoms with Crippen LogP contribution in [0.2, 0.25) is 0 Å². The first-order valence-electron chi connectivity index (χ1n) is 7.39. The second-order valence-corrected chi connectivity index (χ2v) is 5.62. The number of nitrogens with zero attached hydrogens (tertiary/aromatic N) is 1. The number of hydrogen-bond acceptors (Lipinski definition) is 2. The highest BCUT2D eigenvalue weighted by atomic mass is 16.4. The van der Waals surface area contributed by atoms with Crippen molar-refractivity contribution in [2.75, 3.05) is 11.9 Å². The lowest BCUT2D eigenvalue weighted by molar-refractivity contribution is 0.0697. The molecule has 1 aliphatic carbocycles. The van der Waals surface area contributed by atoms with Crippen LogP contribution in [0.4, 0.5) is 10.5 Å². The largest absolute Gasteiger partial charge is 0.478 e. The molecule has 2 rings (SSSR count). The highest BCUT2D eigenvalue weighted by molar-refractivity contribution is 6.01. The molecule has 1 saturated carbocycles. The number of carbonyl (C=O) groups excluding carboxylic acids is 1. The van der Waals surface area contributed by atoms with E-state index in [4.69, 9.17) is 0 Å². The van der Waals surface area contributed by atoms with Crippen molar-refractivity contribution in [1.82, 2.24) is 5.32 Å². The van der Waals surface area contributed by atoms with Gasteiger partial charge in [0.25, 0.3) is 0 Å². The van der Waals surface area contributed by atoms with Crippen molar-refractivity contribution < 1.29 is 14.7 Å². The number of carboxylic acid groups (broad SMARTS) is 1. The minimum absolute atomic E-state index is 0.130. The average Bonchev–Trinajstić information content (AvgIpc) is 3.29. The Balaban J connectivity index is 2.05. The standard InChI is InChI=1S/C16H22N2O3/c1-3-12(10-11-8-9-11)17-16(21)18(2)14-7-5-4-6-13(14)15(19)20/h4-7,11-12H,3,8-10H2,1-2H3,(H,17,21)(H,19,20). The van der Waals surface area contributed by atoms with Gasteiger partial charge in [-0.25, -0.2) is 9.59 Å². The third-order valence-corrected chi connectivity index (χ3v) is 3.94. The molecule has 1 atom stereocenters. The number of urea groups is 1. The van der Waals surface area contributed by atoms with Crippen molar-refractivity contribution in [2.24, 2.45) is 5.92 Å². The van der Waals surface area contributed by atoms with Gasteiger partial charge >= 0.3 is 12.0 Å². The summed E-state index contributed by atoms with van der Waals surface area (Å²) < 4.78 is 0. The smallest absolute Gasteiger partial charge is 0.337 e. The minimum atomic E-state index is -1.03. The maximum Gasteiger partial charge on any atom is 0.337 e. The molecule has 1 unspecified atom stereocenters. The lowest BCUT2D eigenvalue weighted by atomic mass is 10.1. The first kappa shape index (κ1) is 15.4. The summed E-state index contributed by atoms with van der Waals surface area (Å²) in [4.78, 5) is 24.9. The van der Waals surface area contributed by atoms with Gasteiger partial charge in [0, 0.05) is 13.1 Å².